The third kappa shape index (κ3) is 13.5. The summed E-state index contributed by atoms with van der Waals surface area (Å²) in [5.41, 5.74) is 2.98. The monoisotopic (exact) mass is 318 g/mol. The highest BCUT2D eigenvalue weighted by molar-refractivity contribution is 5.81. The molecule has 0 heterocycles. The topological polar surface area (TPSA) is 54.4 Å². The Morgan fingerprint density at radius 1 is 1.13 bits per heavy atom. The fourth-order valence-corrected chi connectivity index (χ4v) is 2.20. The normalized spacial score (nSPS) is 14.0. The molecule has 0 fully saturated rings. The van der Waals surface area contributed by atoms with E-state index in [4.69, 9.17) is 5.11 Å². The molecule has 0 aromatic carbocycles. The van der Waals surface area contributed by atoms with Crippen LogP contribution in [0.3, 0.4) is 0 Å². The highest BCUT2D eigenvalue weighted by atomic mass is 16.4. The van der Waals surface area contributed by atoms with E-state index in [2.05, 4.69) is 26.8 Å². The standard InChI is InChI=1S/C20H30O3/c1-15(2)8-6-9-16(3)12-19(21)13-17(4)10-7-11-18(5)14-20(22)23/h7-8,10-11,14,16H,6,9,12-13H2,1-5H3,(H,22,23)/b11-7+,17-10+,18-14+. The molecule has 3 heteroatoms. The number of aliphatic carboxylic acids is 1. The molecule has 23 heavy (non-hydrogen) atoms. The number of hydrogen-bond acceptors (Lipinski definition) is 2. The quantitative estimate of drug-likeness (QED) is 0.340. The van der Waals surface area contributed by atoms with Crippen molar-refractivity contribution >= 4 is 11.8 Å². The molecule has 0 aromatic rings. The number of ketones is 1. The maximum absolute atomic E-state index is 12.0. The van der Waals surface area contributed by atoms with Gasteiger partial charge in [-0.3, -0.25) is 4.79 Å². The molecule has 1 unspecified atom stereocenters. The molecular formula is C20H30O3. The largest absolute Gasteiger partial charge is 0.478 e. The summed E-state index contributed by atoms with van der Waals surface area (Å²) >= 11 is 0. The first-order valence-corrected chi connectivity index (χ1v) is 8.10. The van der Waals surface area contributed by atoms with Crippen molar-refractivity contribution in [1.82, 2.24) is 0 Å². The molecule has 0 aromatic heterocycles. The van der Waals surface area contributed by atoms with E-state index < -0.39 is 5.97 Å². The highest BCUT2D eigenvalue weighted by Crippen LogP contribution is 2.15. The first-order chi connectivity index (χ1) is 10.7. The van der Waals surface area contributed by atoms with Crippen molar-refractivity contribution in [3.05, 3.63) is 47.1 Å². The summed E-state index contributed by atoms with van der Waals surface area (Å²) in [5, 5.41) is 8.61. The van der Waals surface area contributed by atoms with Crippen molar-refractivity contribution in [3.8, 4) is 0 Å². The smallest absolute Gasteiger partial charge is 0.328 e. The fraction of sp³-hybridized carbons (Fsp3) is 0.500. The lowest BCUT2D eigenvalue weighted by molar-refractivity contribution is -0.131. The molecule has 0 rings (SSSR count). The van der Waals surface area contributed by atoms with Crippen LogP contribution < -0.4 is 0 Å². The van der Waals surface area contributed by atoms with Gasteiger partial charge in [-0.1, -0.05) is 42.4 Å². The molecule has 0 radical (unpaired) electrons. The summed E-state index contributed by atoms with van der Waals surface area (Å²) in [4.78, 5) is 22.5. The van der Waals surface area contributed by atoms with E-state index in [1.165, 1.54) is 5.57 Å². The first-order valence-electron chi connectivity index (χ1n) is 8.10. The second-order valence-electron chi connectivity index (χ2n) is 6.48. The number of Topliss-reactive ketones (excluding diaryl/α,β-unsaturated/α-hetero) is 1. The van der Waals surface area contributed by atoms with E-state index in [0.29, 0.717) is 24.3 Å². The number of hydrogen-bond donors (Lipinski definition) is 1. The van der Waals surface area contributed by atoms with Gasteiger partial charge in [0.05, 0.1) is 0 Å². The van der Waals surface area contributed by atoms with Gasteiger partial charge in [0.15, 0.2) is 0 Å². The molecule has 0 bridgehead atoms. The molecule has 0 amide bonds. The molecular weight excluding hydrogens is 288 g/mol. The van der Waals surface area contributed by atoms with Crippen LogP contribution in [0.15, 0.2) is 47.1 Å². The van der Waals surface area contributed by atoms with Gasteiger partial charge in [0.1, 0.15) is 5.78 Å². The number of carboxylic acids is 1. The summed E-state index contributed by atoms with van der Waals surface area (Å²) in [5.74, 6) is -0.290. The van der Waals surface area contributed by atoms with Gasteiger partial charge in [0.2, 0.25) is 0 Å². The van der Waals surface area contributed by atoms with E-state index in [1.54, 1.807) is 19.1 Å². The number of carbonyl (C=O) groups excluding carboxylic acids is 1. The fourth-order valence-electron chi connectivity index (χ4n) is 2.20. The van der Waals surface area contributed by atoms with Crippen molar-refractivity contribution in [3.63, 3.8) is 0 Å². The van der Waals surface area contributed by atoms with Crippen LogP contribution >= 0.6 is 0 Å². The zero-order valence-corrected chi connectivity index (χ0v) is 15.1. The molecule has 128 valence electrons. The van der Waals surface area contributed by atoms with Crippen molar-refractivity contribution in [2.75, 3.05) is 0 Å². The Morgan fingerprint density at radius 3 is 2.35 bits per heavy atom. The minimum Gasteiger partial charge on any atom is -0.478 e. The molecule has 0 spiro atoms. The Hall–Kier alpha value is -1.90. The number of rotatable bonds is 10. The molecule has 3 nitrogen and oxygen atoms in total. The van der Waals surface area contributed by atoms with E-state index >= 15 is 0 Å². The van der Waals surface area contributed by atoms with Gasteiger partial charge < -0.3 is 5.11 Å². The molecule has 0 aliphatic carbocycles. The van der Waals surface area contributed by atoms with Crippen LogP contribution in [-0.2, 0) is 9.59 Å². The maximum Gasteiger partial charge on any atom is 0.328 e. The molecule has 1 N–H and O–H groups in total. The second-order valence-corrected chi connectivity index (χ2v) is 6.48. The minimum atomic E-state index is -0.954. The third-order valence-electron chi connectivity index (χ3n) is 3.36. The molecule has 1 atom stereocenters. The SMILES string of the molecule is CC(C)=CCCC(C)CC(=O)C/C(C)=C/C=C/C(C)=C/C(=O)O. The Bertz CT molecular complexity index is 515. The van der Waals surface area contributed by atoms with Crippen LogP contribution in [0.1, 0.15) is 60.3 Å². The van der Waals surface area contributed by atoms with Gasteiger partial charge in [0, 0.05) is 18.9 Å². The maximum atomic E-state index is 12.0. The van der Waals surface area contributed by atoms with Crippen molar-refractivity contribution in [2.24, 2.45) is 5.92 Å². The van der Waals surface area contributed by atoms with Gasteiger partial charge in [-0.25, -0.2) is 4.79 Å². The van der Waals surface area contributed by atoms with Crippen molar-refractivity contribution in [2.45, 2.75) is 60.3 Å². The van der Waals surface area contributed by atoms with Gasteiger partial charge in [0.25, 0.3) is 0 Å². The van der Waals surface area contributed by atoms with Crippen LogP contribution in [0.2, 0.25) is 0 Å². The average molecular weight is 318 g/mol. The molecule has 0 saturated carbocycles. The Labute approximate surface area is 140 Å². The zero-order valence-electron chi connectivity index (χ0n) is 15.1. The summed E-state index contributed by atoms with van der Waals surface area (Å²) in [6.45, 7) is 9.95. The van der Waals surface area contributed by atoms with Crippen LogP contribution in [0, 0.1) is 5.92 Å². The van der Waals surface area contributed by atoms with E-state index in [-0.39, 0.29) is 5.78 Å². The van der Waals surface area contributed by atoms with Gasteiger partial charge in [-0.15, -0.1) is 0 Å². The van der Waals surface area contributed by atoms with Gasteiger partial charge in [-0.2, -0.15) is 0 Å². The predicted molar refractivity (Wildman–Crippen MR) is 96.4 cm³/mol. The van der Waals surface area contributed by atoms with Crippen LogP contribution in [0.25, 0.3) is 0 Å². The van der Waals surface area contributed by atoms with Gasteiger partial charge in [-0.05, 0) is 52.0 Å². The summed E-state index contributed by atoms with van der Waals surface area (Å²) < 4.78 is 0. The molecule has 0 aliphatic heterocycles. The lowest BCUT2D eigenvalue weighted by Crippen LogP contribution is -2.05. The number of carboxylic acid groups (broad SMARTS) is 1. The third-order valence-corrected chi connectivity index (χ3v) is 3.36. The molecule has 0 saturated heterocycles. The molecule has 0 aliphatic rings. The minimum absolute atomic E-state index is 0.259. The van der Waals surface area contributed by atoms with Crippen LogP contribution in [-0.4, -0.2) is 16.9 Å². The number of carbonyl (C=O) groups is 2. The Kier molecular flexibility index (Phi) is 10.7. The highest BCUT2D eigenvalue weighted by Gasteiger charge is 2.09. The van der Waals surface area contributed by atoms with E-state index in [0.717, 1.165) is 24.5 Å². The van der Waals surface area contributed by atoms with Crippen molar-refractivity contribution < 1.29 is 14.7 Å². The Balaban J connectivity index is 4.28. The summed E-state index contributed by atoms with van der Waals surface area (Å²) in [6.07, 6.45) is 11.9. The van der Waals surface area contributed by atoms with Gasteiger partial charge >= 0.3 is 5.97 Å². The van der Waals surface area contributed by atoms with Crippen LogP contribution in [0.5, 0.6) is 0 Å². The lowest BCUT2D eigenvalue weighted by atomic mass is 9.96. The van der Waals surface area contributed by atoms with E-state index in [9.17, 15) is 9.59 Å². The Morgan fingerprint density at radius 2 is 1.78 bits per heavy atom. The predicted octanol–water partition coefficient (Wildman–Crippen LogP) is 5.25. The first kappa shape index (κ1) is 21.1. The summed E-state index contributed by atoms with van der Waals surface area (Å²) in [6, 6.07) is 0. The zero-order chi connectivity index (χ0) is 17.8. The van der Waals surface area contributed by atoms with Crippen LogP contribution in [0.4, 0.5) is 0 Å². The summed E-state index contributed by atoms with van der Waals surface area (Å²) in [7, 11) is 0. The van der Waals surface area contributed by atoms with E-state index in [1.807, 2.05) is 13.0 Å². The lowest BCUT2D eigenvalue weighted by Gasteiger charge is -2.09. The number of allylic oxidation sites excluding steroid dienone is 7. The average Bonchev–Trinajstić information content (AvgIpc) is 2.36. The second kappa shape index (κ2) is 11.6. The van der Waals surface area contributed by atoms with Crippen molar-refractivity contribution in [1.29, 1.82) is 0 Å².